The summed E-state index contributed by atoms with van der Waals surface area (Å²) in [6, 6.07) is 14.5. The van der Waals surface area contributed by atoms with Gasteiger partial charge in [0.2, 0.25) is 17.7 Å². The quantitative estimate of drug-likeness (QED) is 0.505. The standard InChI is InChI=1S/C26H28ClN3O4.C2HF3O2/c1-3-30-23(31)20-21(24(30)32)26(28-22(20)17-7-11-19(34-2)12-8-17)13-4-14-29(25(26)33)15-16-5-9-18(27)10-6-16;3-2(4,5)1(6)7/h5-12,20-22,28H,3-4,13-15H2,1-2H3;(H,6,7)/t20-,21-,22-,26-;/m1./s1. The van der Waals surface area contributed by atoms with Crippen LogP contribution in [0.3, 0.4) is 0 Å². The Morgan fingerprint density at radius 3 is 2.24 bits per heavy atom. The summed E-state index contributed by atoms with van der Waals surface area (Å²) in [4.78, 5) is 52.9. The van der Waals surface area contributed by atoms with Crippen molar-refractivity contribution in [1.29, 1.82) is 0 Å². The molecule has 3 amide bonds. The number of piperidine rings is 1. The number of alkyl halides is 3. The van der Waals surface area contributed by atoms with E-state index in [4.69, 9.17) is 26.2 Å². The zero-order valence-electron chi connectivity index (χ0n) is 22.3. The maximum atomic E-state index is 14.0. The Morgan fingerprint density at radius 2 is 1.71 bits per heavy atom. The van der Waals surface area contributed by atoms with Crippen molar-refractivity contribution in [3.05, 3.63) is 64.7 Å². The van der Waals surface area contributed by atoms with Gasteiger partial charge in [-0.05, 0) is 55.2 Å². The molecule has 2 N–H and O–H groups in total. The molecule has 41 heavy (non-hydrogen) atoms. The monoisotopic (exact) mass is 595 g/mol. The number of benzene rings is 2. The molecule has 2 aromatic carbocycles. The number of nitrogens with zero attached hydrogens (tertiary/aromatic N) is 2. The zero-order valence-corrected chi connectivity index (χ0v) is 23.0. The van der Waals surface area contributed by atoms with E-state index in [2.05, 4.69) is 5.32 Å². The molecule has 0 aliphatic carbocycles. The highest BCUT2D eigenvalue weighted by Crippen LogP contribution is 2.52. The number of fused-ring (bicyclic) bond motifs is 2. The van der Waals surface area contributed by atoms with E-state index >= 15 is 0 Å². The van der Waals surface area contributed by atoms with Gasteiger partial charge in [0.15, 0.2) is 0 Å². The number of halogens is 4. The second-order valence-electron chi connectivity index (χ2n) is 10.1. The first kappa shape index (κ1) is 30.3. The average molecular weight is 596 g/mol. The van der Waals surface area contributed by atoms with Gasteiger partial charge in [-0.15, -0.1) is 0 Å². The summed E-state index contributed by atoms with van der Waals surface area (Å²) in [5.41, 5.74) is 0.742. The summed E-state index contributed by atoms with van der Waals surface area (Å²) in [6.45, 7) is 3.15. The predicted octanol–water partition coefficient (Wildman–Crippen LogP) is 3.81. The van der Waals surface area contributed by atoms with Gasteiger partial charge in [0.1, 0.15) is 11.3 Å². The summed E-state index contributed by atoms with van der Waals surface area (Å²) < 4.78 is 37.0. The first-order chi connectivity index (χ1) is 19.3. The number of carboxylic acid groups (broad SMARTS) is 1. The highest BCUT2D eigenvalue weighted by Gasteiger charge is 2.68. The van der Waals surface area contributed by atoms with E-state index in [9.17, 15) is 27.6 Å². The molecule has 3 aliphatic heterocycles. The number of aliphatic carboxylic acids is 1. The van der Waals surface area contributed by atoms with Gasteiger partial charge in [-0.25, -0.2) is 4.79 Å². The van der Waals surface area contributed by atoms with Gasteiger partial charge in [0, 0.05) is 30.7 Å². The fourth-order valence-electron chi connectivity index (χ4n) is 5.90. The van der Waals surface area contributed by atoms with Crippen LogP contribution < -0.4 is 10.1 Å². The number of likely N-dealkylation sites (tertiary alicyclic amines) is 2. The molecular weight excluding hydrogens is 567 g/mol. The maximum Gasteiger partial charge on any atom is 0.490 e. The van der Waals surface area contributed by atoms with E-state index in [-0.39, 0.29) is 17.7 Å². The normalized spacial score (nSPS) is 25.7. The van der Waals surface area contributed by atoms with Crippen molar-refractivity contribution in [3.63, 3.8) is 0 Å². The fourth-order valence-corrected chi connectivity index (χ4v) is 6.02. The van der Waals surface area contributed by atoms with E-state index in [1.165, 1.54) is 4.90 Å². The van der Waals surface area contributed by atoms with Crippen molar-refractivity contribution in [3.8, 4) is 5.75 Å². The van der Waals surface area contributed by atoms with E-state index < -0.39 is 35.6 Å². The molecule has 0 bridgehead atoms. The Balaban J connectivity index is 0.000000493. The second kappa shape index (κ2) is 11.7. The lowest BCUT2D eigenvalue weighted by atomic mass is 9.74. The number of ether oxygens (including phenoxy) is 1. The van der Waals surface area contributed by atoms with E-state index in [1.54, 1.807) is 18.9 Å². The fraction of sp³-hybridized carbons (Fsp3) is 0.429. The van der Waals surface area contributed by atoms with Crippen LogP contribution in [0.25, 0.3) is 0 Å². The molecule has 2 aromatic rings. The second-order valence-corrected chi connectivity index (χ2v) is 10.5. The number of rotatable bonds is 5. The Hall–Kier alpha value is -3.64. The van der Waals surface area contributed by atoms with Crippen LogP contribution in [-0.2, 0) is 25.7 Å². The topological polar surface area (TPSA) is 116 Å². The Kier molecular flexibility index (Phi) is 8.65. The van der Waals surface area contributed by atoms with Crippen molar-refractivity contribution in [2.24, 2.45) is 11.8 Å². The van der Waals surface area contributed by atoms with Gasteiger partial charge in [-0.2, -0.15) is 13.2 Å². The van der Waals surface area contributed by atoms with Crippen LogP contribution in [0.4, 0.5) is 13.2 Å². The molecule has 3 saturated heterocycles. The third kappa shape index (κ3) is 5.76. The van der Waals surface area contributed by atoms with Crippen LogP contribution in [0, 0.1) is 11.8 Å². The molecule has 13 heteroatoms. The first-order valence-corrected chi connectivity index (χ1v) is 13.3. The first-order valence-electron chi connectivity index (χ1n) is 12.9. The van der Waals surface area contributed by atoms with Crippen molar-refractivity contribution in [2.45, 2.75) is 44.1 Å². The number of carbonyl (C=O) groups excluding carboxylic acids is 3. The predicted molar refractivity (Wildman–Crippen MR) is 141 cm³/mol. The number of carboxylic acids is 1. The summed E-state index contributed by atoms with van der Waals surface area (Å²) in [5.74, 6) is -3.94. The molecule has 9 nitrogen and oxygen atoms in total. The van der Waals surface area contributed by atoms with Crippen LogP contribution in [-0.4, -0.2) is 70.5 Å². The highest BCUT2D eigenvalue weighted by molar-refractivity contribution is 6.30. The minimum Gasteiger partial charge on any atom is -0.497 e. The van der Waals surface area contributed by atoms with Crippen LogP contribution >= 0.6 is 11.6 Å². The molecular formula is C28H29ClF3N3O6. The molecule has 1 spiro atoms. The highest BCUT2D eigenvalue weighted by atomic mass is 35.5. The Labute approximate surface area is 239 Å². The lowest BCUT2D eigenvalue weighted by Crippen LogP contribution is -2.63. The summed E-state index contributed by atoms with van der Waals surface area (Å²) in [7, 11) is 1.60. The number of nitrogens with one attached hydrogen (secondary N) is 1. The third-order valence-corrected chi connectivity index (χ3v) is 7.99. The third-order valence-electron chi connectivity index (χ3n) is 7.73. The molecule has 3 aliphatic rings. The van der Waals surface area contributed by atoms with Crippen molar-refractivity contribution in [2.75, 3.05) is 20.2 Å². The maximum absolute atomic E-state index is 14.0. The minimum absolute atomic E-state index is 0.112. The van der Waals surface area contributed by atoms with Crippen LogP contribution in [0.1, 0.15) is 36.9 Å². The molecule has 4 atom stereocenters. The molecule has 0 unspecified atom stereocenters. The molecule has 0 radical (unpaired) electrons. The van der Waals surface area contributed by atoms with Gasteiger partial charge in [0.05, 0.1) is 18.9 Å². The summed E-state index contributed by atoms with van der Waals surface area (Å²) >= 11 is 6.02. The molecule has 3 heterocycles. The van der Waals surface area contributed by atoms with Crippen molar-refractivity contribution in [1.82, 2.24) is 15.1 Å². The molecule has 5 rings (SSSR count). The molecule has 0 aromatic heterocycles. The SMILES string of the molecule is CCN1C(=O)[C@H]2[C@@H](c3ccc(OC)cc3)N[C@]3(CCCN(Cc4ccc(Cl)cc4)C3=O)[C@H]2C1=O.O=C(O)C(F)(F)F. The van der Waals surface area contributed by atoms with Crippen molar-refractivity contribution < 1.29 is 42.2 Å². The van der Waals surface area contributed by atoms with Gasteiger partial charge >= 0.3 is 12.1 Å². The van der Waals surface area contributed by atoms with E-state index in [0.29, 0.717) is 36.8 Å². The van der Waals surface area contributed by atoms with Gasteiger partial charge in [-0.1, -0.05) is 35.9 Å². The number of methoxy groups -OCH3 is 1. The van der Waals surface area contributed by atoms with Crippen LogP contribution in [0.2, 0.25) is 5.02 Å². The van der Waals surface area contributed by atoms with Gasteiger partial charge in [0.25, 0.3) is 0 Å². The number of hydrogen-bond acceptors (Lipinski definition) is 6. The summed E-state index contributed by atoms with van der Waals surface area (Å²) in [6.07, 6.45) is -3.81. The average Bonchev–Trinajstić information content (AvgIpc) is 3.41. The lowest BCUT2D eigenvalue weighted by molar-refractivity contribution is -0.192. The number of carbonyl (C=O) groups is 4. The zero-order chi connectivity index (χ0) is 30.1. The molecule has 220 valence electrons. The van der Waals surface area contributed by atoms with Gasteiger partial charge < -0.3 is 14.7 Å². The Bertz CT molecular complexity index is 1320. The Morgan fingerprint density at radius 1 is 1.10 bits per heavy atom. The number of hydrogen-bond donors (Lipinski definition) is 2. The van der Waals surface area contributed by atoms with E-state index in [1.807, 2.05) is 48.5 Å². The van der Waals surface area contributed by atoms with Crippen LogP contribution in [0.15, 0.2) is 48.5 Å². The number of imide groups is 1. The minimum atomic E-state index is -5.08. The van der Waals surface area contributed by atoms with E-state index in [0.717, 1.165) is 17.5 Å². The van der Waals surface area contributed by atoms with Crippen molar-refractivity contribution >= 4 is 35.3 Å². The molecule has 3 fully saturated rings. The van der Waals surface area contributed by atoms with Gasteiger partial charge in [-0.3, -0.25) is 24.6 Å². The largest absolute Gasteiger partial charge is 0.497 e. The number of amides is 3. The smallest absolute Gasteiger partial charge is 0.490 e. The summed E-state index contributed by atoms with van der Waals surface area (Å²) in [5, 5.41) is 11.3. The molecule has 0 saturated carbocycles. The lowest BCUT2D eigenvalue weighted by Gasteiger charge is -2.42. The van der Waals surface area contributed by atoms with Crippen LogP contribution in [0.5, 0.6) is 5.75 Å².